The van der Waals surface area contributed by atoms with E-state index in [4.69, 9.17) is 22.7 Å². The highest BCUT2D eigenvalue weighted by atomic mass is 35.5. The number of rotatable bonds is 6. The van der Waals surface area contributed by atoms with Crippen molar-refractivity contribution in [3.63, 3.8) is 0 Å². The van der Waals surface area contributed by atoms with E-state index in [1.807, 2.05) is 12.1 Å². The maximum Gasteiger partial charge on any atom is 0.274 e. The van der Waals surface area contributed by atoms with Crippen molar-refractivity contribution in [2.45, 2.75) is 25.4 Å². The molecule has 9 nitrogen and oxygen atoms in total. The third-order valence-electron chi connectivity index (χ3n) is 5.91. The molecule has 1 fully saturated rings. The van der Waals surface area contributed by atoms with E-state index in [2.05, 4.69) is 15.3 Å². The zero-order valence-electron chi connectivity index (χ0n) is 18.6. The largest absolute Gasteiger partial charge is 0.384 e. The number of carbonyl (C=O) groups is 2. The molecular weight excluding hydrogens is 486 g/mol. The molecule has 4 aromatic rings. The first-order valence-electron chi connectivity index (χ1n) is 11.0. The first-order valence-corrected chi connectivity index (χ1v) is 12.3. The minimum atomic E-state index is -0.281. The van der Waals surface area contributed by atoms with E-state index in [1.54, 1.807) is 51.3 Å². The molecule has 0 spiro atoms. The average molecular weight is 508 g/mol. The first kappa shape index (κ1) is 23.0. The molecule has 178 valence electrons. The lowest BCUT2D eigenvalue weighted by molar-refractivity contribution is 0.0730. The van der Waals surface area contributed by atoms with E-state index in [-0.39, 0.29) is 23.7 Å². The summed E-state index contributed by atoms with van der Waals surface area (Å²) in [5.41, 5.74) is 8.32. The van der Waals surface area contributed by atoms with Gasteiger partial charge in [-0.15, -0.1) is 11.3 Å². The molecule has 4 heterocycles. The summed E-state index contributed by atoms with van der Waals surface area (Å²) in [5.74, 6) is -0.445. The van der Waals surface area contributed by atoms with E-state index in [1.165, 1.54) is 11.3 Å². The molecule has 35 heavy (non-hydrogen) atoms. The standard InChI is InChI=1S/C24H22ClN7O2S/c25-16-7-8-20-29-17(12-31(20)11-16)24(34)32-9-1-2-19(32)23-30-18(13-35-23)22(33)28-10-14-3-5-15(6-4-14)21(26)27/h3-8,11-13,19H,1-2,9-10H2,(H3,26,27)(H,28,33). The molecule has 1 unspecified atom stereocenters. The van der Waals surface area contributed by atoms with Crippen molar-refractivity contribution in [1.82, 2.24) is 24.6 Å². The van der Waals surface area contributed by atoms with Gasteiger partial charge in [0.25, 0.3) is 11.8 Å². The van der Waals surface area contributed by atoms with Crippen LogP contribution in [0.25, 0.3) is 5.65 Å². The van der Waals surface area contributed by atoms with Gasteiger partial charge in [-0.2, -0.15) is 0 Å². The van der Waals surface area contributed by atoms with Gasteiger partial charge in [0.2, 0.25) is 0 Å². The molecule has 1 saturated heterocycles. The second-order valence-electron chi connectivity index (χ2n) is 8.26. The van der Waals surface area contributed by atoms with Crippen LogP contribution < -0.4 is 11.1 Å². The Kier molecular flexibility index (Phi) is 6.23. The quantitative estimate of drug-likeness (QED) is 0.271. The second kappa shape index (κ2) is 9.47. The number of aromatic nitrogens is 3. The lowest BCUT2D eigenvalue weighted by Gasteiger charge is -2.22. The van der Waals surface area contributed by atoms with Gasteiger partial charge < -0.3 is 20.4 Å². The Labute approximate surface area is 210 Å². The molecule has 1 aliphatic rings. The highest BCUT2D eigenvalue weighted by Crippen LogP contribution is 2.34. The number of hydrogen-bond acceptors (Lipinski definition) is 6. The summed E-state index contributed by atoms with van der Waals surface area (Å²) in [6.07, 6.45) is 5.03. The number of halogens is 1. The van der Waals surface area contributed by atoms with Crippen molar-refractivity contribution < 1.29 is 9.59 Å². The maximum atomic E-state index is 13.2. The van der Waals surface area contributed by atoms with Crippen molar-refractivity contribution in [1.29, 1.82) is 5.41 Å². The fraction of sp³-hybridized carbons (Fsp3) is 0.208. The predicted octanol–water partition coefficient (Wildman–Crippen LogP) is 3.64. The van der Waals surface area contributed by atoms with Crippen LogP contribution in [-0.4, -0.2) is 43.5 Å². The Hall–Kier alpha value is -3.76. The first-order chi connectivity index (χ1) is 16.9. The van der Waals surface area contributed by atoms with Crippen LogP contribution in [0.5, 0.6) is 0 Å². The smallest absolute Gasteiger partial charge is 0.274 e. The summed E-state index contributed by atoms with van der Waals surface area (Å²) < 4.78 is 1.74. The Morgan fingerprint density at radius 3 is 2.71 bits per heavy atom. The van der Waals surface area contributed by atoms with Gasteiger partial charge in [0, 0.05) is 36.4 Å². The number of likely N-dealkylation sites (tertiary alicyclic amines) is 1. The topological polar surface area (TPSA) is 129 Å². The number of thiazole rings is 1. The number of carbonyl (C=O) groups excluding carboxylic acids is 2. The number of nitrogens with one attached hydrogen (secondary N) is 2. The van der Waals surface area contributed by atoms with Gasteiger partial charge >= 0.3 is 0 Å². The van der Waals surface area contributed by atoms with Gasteiger partial charge in [0.15, 0.2) is 0 Å². The van der Waals surface area contributed by atoms with Crippen LogP contribution in [0.3, 0.4) is 0 Å². The van der Waals surface area contributed by atoms with Gasteiger partial charge in [-0.05, 0) is 30.5 Å². The van der Waals surface area contributed by atoms with Crippen molar-refractivity contribution in [2.24, 2.45) is 5.73 Å². The van der Waals surface area contributed by atoms with Gasteiger partial charge in [0.1, 0.15) is 27.9 Å². The van der Waals surface area contributed by atoms with Crippen molar-refractivity contribution in [3.05, 3.63) is 86.7 Å². The molecule has 0 radical (unpaired) electrons. The number of fused-ring (bicyclic) bond motifs is 1. The minimum absolute atomic E-state index is 0.000564. The predicted molar refractivity (Wildman–Crippen MR) is 134 cm³/mol. The third-order valence-corrected chi connectivity index (χ3v) is 7.07. The van der Waals surface area contributed by atoms with Crippen molar-refractivity contribution >= 4 is 46.2 Å². The summed E-state index contributed by atoms with van der Waals surface area (Å²) in [7, 11) is 0. The maximum absolute atomic E-state index is 13.2. The highest BCUT2D eigenvalue weighted by Gasteiger charge is 2.34. The second-order valence-corrected chi connectivity index (χ2v) is 9.59. The molecule has 0 saturated carbocycles. The van der Waals surface area contributed by atoms with E-state index >= 15 is 0 Å². The van der Waals surface area contributed by atoms with Gasteiger partial charge in [-0.25, -0.2) is 9.97 Å². The zero-order chi connectivity index (χ0) is 24.5. The Balaban J connectivity index is 1.26. The minimum Gasteiger partial charge on any atom is -0.384 e. The molecule has 0 aliphatic carbocycles. The van der Waals surface area contributed by atoms with Crippen LogP contribution in [0, 0.1) is 5.41 Å². The van der Waals surface area contributed by atoms with Gasteiger partial charge in [-0.3, -0.25) is 15.0 Å². The number of pyridine rings is 1. The van der Waals surface area contributed by atoms with Crippen LogP contribution in [-0.2, 0) is 6.54 Å². The number of hydrogen-bond donors (Lipinski definition) is 3. The van der Waals surface area contributed by atoms with E-state index in [0.717, 1.165) is 23.4 Å². The molecule has 4 N–H and O–H groups in total. The highest BCUT2D eigenvalue weighted by molar-refractivity contribution is 7.09. The fourth-order valence-electron chi connectivity index (χ4n) is 4.10. The van der Waals surface area contributed by atoms with Crippen LogP contribution in [0.4, 0.5) is 0 Å². The molecule has 5 rings (SSSR count). The number of benzene rings is 1. The fourth-order valence-corrected chi connectivity index (χ4v) is 5.21. The summed E-state index contributed by atoms with van der Waals surface area (Å²) in [6, 6.07) is 10.4. The Bertz CT molecular complexity index is 1430. The summed E-state index contributed by atoms with van der Waals surface area (Å²) in [5, 5.41) is 13.3. The van der Waals surface area contributed by atoms with Crippen LogP contribution in [0.1, 0.15) is 56.0 Å². The molecule has 1 aliphatic heterocycles. The molecule has 3 aromatic heterocycles. The van der Waals surface area contributed by atoms with Crippen molar-refractivity contribution in [3.8, 4) is 0 Å². The summed E-state index contributed by atoms with van der Waals surface area (Å²) >= 11 is 7.42. The van der Waals surface area contributed by atoms with E-state index in [9.17, 15) is 9.59 Å². The molecule has 0 bridgehead atoms. The summed E-state index contributed by atoms with van der Waals surface area (Å²) in [6.45, 7) is 0.936. The summed E-state index contributed by atoms with van der Waals surface area (Å²) in [4.78, 5) is 36.7. The molecule has 2 amide bonds. The lowest BCUT2D eigenvalue weighted by atomic mass is 10.1. The number of nitrogens with two attached hydrogens (primary N) is 1. The Morgan fingerprint density at radius 2 is 1.94 bits per heavy atom. The van der Waals surface area contributed by atoms with Crippen molar-refractivity contribution in [2.75, 3.05) is 6.54 Å². The van der Waals surface area contributed by atoms with Crippen LogP contribution >= 0.6 is 22.9 Å². The van der Waals surface area contributed by atoms with Crippen LogP contribution in [0.15, 0.2) is 54.2 Å². The molecule has 1 atom stereocenters. The normalized spacial score (nSPS) is 15.5. The third kappa shape index (κ3) is 4.75. The number of amidine groups is 1. The van der Waals surface area contributed by atoms with E-state index < -0.39 is 0 Å². The number of imidazole rings is 1. The molecule has 1 aromatic carbocycles. The van der Waals surface area contributed by atoms with E-state index in [0.29, 0.717) is 40.7 Å². The Morgan fingerprint density at radius 1 is 1.14 bits per heavy atom. The average Bonchev–Trinajstić information content (AvgIpc) is 3.61. The number of nitrogen functional groups attached to an aromatic ring is 1. The van der Waals surface area contributed by atoms with Gasteiger partial charge in [0.05, 0.1) is 11.1 Å². The molecular formula is C24H22ClN7O2S. The molecule has 11 heteroatoms. The monoisotopic (exact) mass is 507 g/mol. The number of amides is 2. The zero-order valence-corrected chi connectivity index (χ0v) is 20.1. The lowest BCUT2D eigenvalue weighted by Crippen LogP contribution is -2.31. The van der Waals surface area contributed by atoms with Gasteiger partial charge in [-0.1, -0.05) is 35.9 Å². The van der Waals surface area contributed by atoms with Crippen LogP contribution in [0.2, 0.25) is 5.02 Å². The SMILES string of the molecule is N=C(N)c1ccc(CNC(=O)c2csc(C3CCCN3C(=O)c3cn4cc(Cl)ccc4n3)n2)cc1. The number of nitrogens with zero attached hydrogens (tertiary/aromatic N) is 4.